The van der Waals surface area contributed by atoms with E-state index >= 15 is 0 Å². The first-order chi connectivity index (χ1) is 8.38. The number of carbonyl (C=O) groups excluding carboxylic acids is 1. The van der Waals surface area contributed by atoms with Crippen LogP contribution in [0, 0.1) is 20.8 Å². The third-order valence-corrected chi connectivity index (χ3v) is 2.88. The molecule has 0 aliphatic carbocycles. The summed E-state index contributed by atoms with van der Waals surface area (Å²) in [7, 11) is 0. The maximum Gasteiger partial charge on any atom is 0.323 e. The molecule has 1 aromatic heterocycles. The summed E-state index contributed by atoms with van der Waals surface area (Å²) in [4.78, 5) is 24.4. The predicted octanol–water partition coefficient (Wildman–Crippen LogP) is 2.14. The van der Waals surface area contributed by atoms with Crippen LogP contribution in [0.2, 0.25) is 0 Å². The summed E-state index contributed by atoms with van der Waals surface area (Å²) < 4.78 is 5.40. The van der Waals surface area contributed by atoms with E-state index in [9.17, 15) is 9.59 Å². The molecule has 5 nitrogen and oxygen atoms in total. The Kier molecular flexibility index (Phi) is 4.53. The van der Waals surface area contributed by atoms with Gasteiger partial charge in [0.1, 0.15) is 18.1 Å². The van der Waals surface area contributed by atoms with Crippen LogP contribution in [0.5, 0.6) is 0 Å². The van der Waals surface area contributed by atoms with E-state index in [0.29, 0.717) is 30.0 Å². The highest BCUT2D eigenvalue weighted by Gasteiger charge is 2.24. The van der Waals surface area contributed by atoms with E-state index in [-0.39, 0.29) is 12.5 Å². The molecule has 1 heterocycles. The molecule has 100 valence electrons. The predicted molar refractivity (Wildman–Crippen MR) is 66.7 cm³/mol. The smallest absolute Gasteiger partial charge is 0.323 e. The van der Waals surface area contributed by atoms with Gasteiger partial charge < -0.3 is 14.4 Å². The van der Waals surface area contributed by atoms with E-state index < -0.39 is 5.97 Å². The van der Waals surface area contributed by atoms with Crippen LogP contribution in [-0.4, -0.2) is 35.0 Å². The number of aryl methyl sites for hydroxylation is 2. The molecule has 0 radical (unpaired) electrons. The first-order valence-electron chi connectivity index (χ1n) is 5.96. The van der Waals surface area contributed by atoms with Gasteiger partial charge in [-0.1, -0.05) is 6.92 Å². The van der Waals surface area contributed by atoms with Crippen molar-refractivity contribution in [1.82, 2.24) is 4.90 Å². The number of aliphatic carboxylic acids is 1. The molecule has 5 heteroatoms. The van der Waals surface area contributed by atoms with E-state index in [1.807, 2.05) is 13.8 Å². The van der Waals surface area contributed by atoms with E-state index in [1.165, 1.54) is 4.90 Å². The minimum absolute atomic E-state index is 0.272. The Hall–Kier alpha value is -1.78. The SMILES string of the molecule is CCCN(CC(=O)O)C(=O)c1c(C)oc(C)c1C. The molecule has 0 saturated carbocycles. The molecule has 1 aromatic rings. The number of hydrogen-bond acceptors (Lipinski definition) is 3. The molecule has 1 amide bonds. The van der Waals surface area contributed by atoms with Gasteiger partial charge in [-0.3, -0.25) is 9.59 Å². The molecule has 0 saturated heterocycles. The lowest BCUT2D eigenvalue weighted by Crippen LogP contribution is -2.36. The quantitative estimate of drug-likeness (QED) is 0.872. The zero-order chi connectivity index (χ0) is 13.9. The molecule has 0 unspecified atom stereocenters. The van der Waals surface area contributed by atoms with E-state index in [0.717, 1.165) is 5.56 Å². The molecule has 0 atom stereocenters. The maximum absolute atomic E-state index is 12.3. The molecular weight excluding hydrogens is 234 g/mol. The summed E-state index contributed by atoms with van der Waals surface area (Å²) in [6.45, 7) is 7.37. The highest BCUT2D eigenvalue weighted by atomic mass is 16.4. The number of hydrogen-bond donors (Lipinski definition) is 1. The Balaban J connectivity index is 3.05. The Morgan fingerprint density at radius 3 is 2.22 bits per heavy atom. The summed E-state index contributed by atoms with van der Waals surface area (Å²) in [5.74, 6) is -0.0393. The molecule has 18 heavy (non-hydrogen) atoms. The third-order valence-electron chi connectivity index (χ3n) is 2.88. The van der Waals surface area contributed by atoms with E-state index in [1.54, 1.807) is 13.8 Å². The van der Waals surface area contributed by atoms with Crippen LogP contribution < -0.4 is 0 Å². The van der Waals surface area contributed by atoms with Gasteiger partial charge in [-0.25, -0.2) is 0 Å². The second-order valence-electron chi connectivity index (χ2n) is 4.33. The van der Waals surface area contributed by atoms with Crippen molar-refractivity contribution in [2.45, 2.75) is 34.1 Å². The molecular formula is C13H19NO4. The van der Waals surface area contributed by atoms with Crippen molar-refractivity contribution in [3.05, 3.63) is 22.6 Å². The van der Waals surface area contributed by atoms with Crippen LogP contribution in [0.4, 0.5) is 0 Å². The number of carboxylic acid groups (broad SMARTS) is 1. The minimum Gasteiger partial charge on any atom is -0.480 e. The monoisotopic (exact) mass is 253 g/mol. The molecule has 0 fully saturated rings. The molecule has 0 aliphatic rings. The minimum atomic E-state index is -1.01. The zero-order valence-corrected chi connectivity index (χ0v) is 11.2. The van der Waals surface area contributed by atoms with Crippen molar-refractivity contribution in [1.29, 1.82) is 0 Å². The average Bonchev–Trinajstić information content (AvgIpc) is 2.51. The number of amides is 1. The van der Waals surface area contributed by atoms with Crippen LogP contribution in [0.25, 0.3) is 0 Å². The molecule has 1 rings (SSSR count). The molecule has 1 N–H and O–H groups in total. The summed E-state index contributed by atoms with van der Waals surface area (Å²) in [5.41, 5.74) is 1.27. The van der Waals surface area contributed by atoms with Gasteiger partial charge in [0.25, 0.3) is 5.91 Å². The molecule has 0 bridgehead atoms. The second kappa shape index (κ2) is 5.71. The van der Waals surface area contributed by atoms with E-state index in [4.69, 9.17) is 9.52 Å². The number of nitrogens with zero attached hydrogens (tertiary/aromatic N) is 1. The Bertz CT molecular complexity index is 462. The first kappa shape index (κ1) is 14.3. The number of carbonyl (C=O) groups is 2. The molecule has 0 spiro atoms. The Labute approximate surface area is 106 Å². The number of rotatable bonds is 5. The Morgan fingerprint density at radius 1 is 1.22 bits per heavy atom. The van der Waals surface area contributed by atoms with Gasteiger partial charge in [0.05, 0.1) is 5.56 Å². The molecule has 0 aromatic carbocycles. The maximum atomic E-state index is 12.3. The Morgan fingerprint density at radius 2 is 1.83 bits per heavy atom. The van der Waals surface area contributed by atoms with Crippen LogP contribution in [0.15, 0.2) is 4.42 Å². The zero-order valence-electron chi connectivity index (χ0n) is 11.2. The van der Waals surface area contributed by atoms with Gasteiger partial charge in [0, 0.05) is 12.1 Å². The molecule has 0 aliphatic heterocycles. The summed E-state index contributed by atoms with van der Waals surface area (Å²) in [6.07, 6.45) is 0.716. The lowest BCUT2D eigenvalue weighted by atomic mass is 10.1. The van der Waals surface area contributed by atoms with Crippen molar-refractivity contribution < 1.29 is 19.1 Å². The fraction of sp³-hybridized carbons (Fsp3) is 0.538. The average molecular weight is 253 g/mol. The fourth-order valence-electron chi connectivity index (χ4n) is 1.95. The summed E-state index contributed by atoms with van der Waals surface area (Å²) >= 11 is 0. The van der Waals surface area contributed by atoms with Crippen molar-refractivity contribution >= 4 is 11.9 Å². The number of furan rings is 1. The first-order valence-corrected chi connectivity index (χ1v) is 5.96. The van der Waals surface area contributed by atoms with Crippen LogP contribution in [0.1, 0.15) is 40.8 Å². The van der Waals surface area contributed by atoms with Gasteiger partial charge in [0.15, 0.2) is 0 Å². The second-order valence-corrected chi connectivity index (χ2v) is 4.33. The summed E-state index contributed by atoms with van der Waals surface area (Å²) in [5, 5.41) is 8.83. The van der Waals surface area contributed by atoms with Gasteiger partial charge >= 0.3 is 5.97 Å². The van der Waals surface area contributed by atoms with Gasteiger partial charge in [-0.2, -0.15) is 0 Å². The highest BCUT2D eigenvalue weighted by molar-refractivity contribution is 5.98. The fourth-order valence-corrected chi connectivity index (χ4v) is 1.95. The lowest BCUT2D eigenvalue weighted by molar-refractivity contribution is -0.137. The van der Waals surface area contributed by atoms with E-state index in [2.05, 4.69) is 0 Å². The third kappa shape index (κ3) is 2.91. The topological polar surface area (TPSA) is 70.8 Å². The largest absolute Gasteiger partial charge is 0.480 e. The van der Waals surface area contributed by atoms with Crippen molar-refractivity contribution in [3.8, 4) is 0 Å². The number of carboxylic acids is 1. The van der Waals surface area contributed by atoms with Crippen LogP contribution >= 0.6 is 0 Å². The van der Waals surface area contributed by atoms with Gasteiger partial charge in [-0.05, 0) is 27.2 Å². The summed E-state index contributed by atoms with van der Waals surface area (Å²) in [6, 6.07) is 0. The van der Waals surface area contributed by atoms with Gasteiger partial charge in [-0.15, -0.1) is 0 Å². The van der Waals surface area contributed by atoms with Gasteiger partial charge in [0.2, 0.25) is 0 Å². The van der Waals surface area contributed by atoms with Crippen LogP contribution in [0.3, 0.4) is 0 Å². The standard InChI is InChI=1S/C13H19NO4/c1-5-6-14(7-11(15)16)13(17)12-8(2)9(3)18-10(12)4/h5-7H2,1-4H3,(H,15,16). The lowest BCUT2D eigenvalue weighted by Gasteiger charge is -2.20. The van der Waals surface area contributed by atoms with Crippen molar-refractivity contribution in [2.24, 2.45) is 0 Å². The highest BCUT2D eigenvalue weighted by Crippen LogP contribution is 2.22. The normalized spacial score (nSPS) is 10.4. The van der Waals surface area contributed by atoms with Crippen molar-refractivity contribution in [3.63, 3.8) is 0 Å². The van der Waals surface area contributed by atoms with Crippen LogP contribution in [-0.2, 0) is 4.79 Å². The van der Waals surface area contributed by atoms with Crippen molar-refractivity contribution in [2.75, 3.05) is 13.1 Å².